The summed E-state index contributed by atoms with van der Waals surface area (Å²) < 4.78 is 0. The number of aliphatic carboxylic acids is 1. The third-order valence-electron chi connectivity index (χ3n) is 4.85. The minimum absolute atomic E-state index is 0.118. The number of carboxylic acid groups (broad SMARTS) is 1. The van der Waals surface area contributed by atoms with Gasteiger partial charge in [0.2, 0.25) is 0 Å². The molecule has 0 aliphatic carbocycles. The predicted molar refractivity (Wildman–Crippen MR) is 81.2 cm³/mol. The molecular formula is C16H28N2O3. The first kappa shape index (κ1) is 16.1. The molecule has 2 saturated heterocycles. The van der Waals surface area contributed by atoms with Crippen molar-refractivity contribution in [3.8, 4) is 0 Å². The third-order valence-corrected chi connectivity index (χ3v) is 4.85. The Hall–Kier alpha value is -1.26. The number of hydrogen-bond acceptors (Lipinski definition) is 2. The van der Waals surface area contributed by atoms with Crippen molar-refractivity contribution in [2.75, 3.05) is 19.6 Å². The highest BCUT2D eigenvalue weighted by atomic mass is 16.4. The van der Waals surface area contributed by atoms with Gasteiger partial charge in [-0.2, -0.15) is 0 Å². The van der Waals surface area contributed by atoms with Gasteiger partial charge in [-0.05, 0) is 38.0 Å². The Kier molecular flexibility index (Phi) is 5.88. The first-order valence-electron chi connectivity index (χ1n) is 8.39. The third kappa shape index (κ3) is 4.35. The lowest BCUT2D eigenvalue weighted by atomic mass is 9.95. The number of rotatable bonds is 3. The van der Waals surface area contributed by atoms with Gasteiger partial charge in [0.05, 0.1) is 0 Å². The van der Waals surface area contributed by atoms with E-state index in [9.17, 15) is 9.59 Å². The van der Waals surface area contributed by atoms with Crippen molar-refractivity contribution in [1.82, 2.24) is 9.80 Å². The van der Waals surface area contributed by atoms with E-state index in [-0.39, 0.29) is 18.4 Å². The molecule has 2 aliphatic heterocycles. The average Bonchev–Trinajstić information content (AvgIpc) is 2.71. The minimum Gasteiger partial charge on any atom is -0.481 e. The van der Waals surface area contributed by atoms with Crippen LogP contribution in [0.15, 0.2) is 0 Å². The Labute approximate surface area is 127 Å². The topological polar surface area (TPSA) is 60.9 Å². The Bertz CT molecular complexity index is 373. The second kappa shape index (κ2) is 7.66. The molecule has 5 nitrogen and oxygen atoms in total. The zero-order chi connectivity index (χ0) is 15.2. The second-order valence-electron chi connectivity index (χ2n) is 6.44. The van der Waals surface area contributed by atoms with E-state index in [1.807, 2.05) is 4.90 Å². The van der Waals surface area contributed by atoms with Crippen LogP contribution in [0.1, 0.15) is 58.3 Å². The van der Waals surface area contributed by atoms with E-state index in [0.29, 0.717) is 12.6 Å². The molecule has 2 amide bonds. The minimum atomic E-state index is -0.754. The lowest BCUT2D eigenvalue weighted by molar-refractivity contribution is -0.138. The smallest absolute Gasteiger partial charge is 0.320 e. The van der Waals surface area contributed by atoms with Crippen LogP contribution in [0.25, 0.3) is 0 Å². The number of nitrogens with zero attached hydrogens (tertiary/aromatic N) is 2. The van der Waals surface area contributed by atoms with Gasteiger partial charge < -0.3 is 14.9 Å². The van der Waals surface area contributed by atoms with E-state index in [4.69, 9.17) is 5.11 Å². The number of piperidine rings is 1. The van der Waals surface area contributed by atoms with E-state index >= 15 is 0 Å². The van der Waals surface area contributed by atoms with E-state index < -0.39 is 5.97 Å². The number of carbonyl (C=O) groups excluding carboxylic acids is 1. The summed E-state index contributed by atoms with van der Waals surface area (Å²) in [5.41, 5.74) is 0. The molecule has 2 heterocycles. The van der Waals surface area contributed by atoms with Crippen molar-refractivity contribution < 1.29 is 14.7 Å². The Morgan fingerprint density at radius 3 is 2.62 bits per heavy atom. The van der Waals surface area contributed by atoms with Gasteiger partial charge in [0.15, 0.2) is 0 Å². The van der Waals surface area contributed by atoms with Crippen LogP contribution in [0.3, 0.4) is 0 Å². The van der Waals surface area contributed by atoms with Crippen LogP contribution in [0.4, 0.5) is 4.79 Å². The van der Waals surface area contributed by atoms with Gasteiger partial charge in [0, 0.05) is 32.1 Å². The molecule has 0 radical (unpaired) electrons. The fourth-order valence-electron chi connectivity index (χ4n) is 3.69. The van der Waals surface area contributed by atoms with Crippen molar-refractivity contribution >= 4 is 12.0 Å². The second-order valence-corrected chi connectivity index (χ2v) is 6.44. The number of carbonyl (C=O) groups is 2. The molecule has 5 heteroatoms. The highest BCUT2D eigenvalue weighted by Crippen LogP contribution is 2.24. The molecule has 2 atom stereocenters. The fraction of sp³-hybridized carbons (Fsp3) is 0.875. The first-order chi connectivity index (χ1) is 10.1. The van der Waals surface area contributed by atoms with E-state index in [1.165, 1.54) is 12.8 Å². The van der Waals surface area contributed by atoms with Crippen LogP contribution in [0.2, 0.25) is 0 Å². The van der Waals surface area contributed by atoms with Crippen molar-refractivity contribution in [3.63, 3.8) is 0 Å². The van der Waals surface area contributed by atoms with E-state index in [1.54, 1.807) is 0 Å². The molecular weight excluding hydrogens is 268 g/mol. The standard InChI is InChI=1S/C16H28N2O3/c1-2-14-8-4-3-5-10-18(14)16(21)17-9-6-7-13(12-17)11-15(19)20/h13-14H,2-12H2,1H3,(H,19,20). The molecule has 0 bridgehead atoms. The first-order valence-corrected chi connectivity index (χ1v) is 8.39. The number of urea groups is 1. The lowest BCUT2D eigenvalue weighted by Gasteiger charge is -2.38. The van der Waals surface area contributed by atoms with Gasteiger partial charge in [-0.15, -0.1) is 0 Å². The molecule has 2 aliphatic rings. The van der Waals surface area contributed by atoms with E-state index in [0.717, 1.165) is 45.2 Å². The van der Waals surface area contributed by atoms with Gasteiger partial charge in [-0.3, -0.25) is 4.79 Å². The average molecular weight is 296 g/mol. The highest BCUT2D eigenvalue weighted by Gasteiger charge is 2.31. The number of likely N-dealkylation sites (tertiary alicyclic amines) is 2. The Balaban J connectivity index is 1.98. The van der Waals surface area contributed by atoms with Crippen molar-refractivity contribution in [1.29, 1.82) is 0 Å². The summed E-state index contributed by atoms with van der Waals surface area (Å²) in [4.78, 5) is 27.6. The van der Waals surface area contributed by atoms with Crippen LogP contribution < -0.4 is 0 Å². The Morgan fingerprint density at radius 2 is 1.90 bits per heavy atom. The van der Waals surface area contributed by atoms with Crippen molar-refractivity contribution in [3.05, 3.63) is 0 Å². The molecule has 21 heavy (non-hydrogen) atoms. The summed E-state index contributed by atoms with van der Waals surface area (Å²) in [6.07, 6.45) is 7.66. The van der Waals surface area contributed by atoms with Crippen LogP contribution in [-0.2, 0) is 4.79 Å². The van der Waals surface area contributed by atoms with Crippen LogP contribution in [-0.4, -0.2) is 52.6 Å². The number of hydrogen-bond donors (Lipinski definition) is 1. The fourth-order valence-corrected chi connectivity index (χ4v) is 3.69. The van der Waals surface area contributed by atoms with Gasteiger partial charge >= 0.3 is 12.0 Å². The molecule has 0 aromatic carbocycles. The molecule has 2 unspecified atom stereocenters. The lowest BCUT2D eigenvalue weighted by Crippen LogP contribution is -2.51. The molecule has 0 aromatic rings. The number of amides is 2. The molecule has 1 N–H and O–H groups in total. The normalized spacial score (nSPS) is 27.3. The zero-order valence-corrected chi connectivity index (χ0v) is 13.1. The summed E-state index contributed by atoms with van der Waals surface area (Å²) in [5.74, 6) is -0.636. The summed E-state index contributed by atoms with van der Waals surface area (Å²) >= 11 is 0. The van der Waals surface area contributed by atoms with Crippen molar-refractivity contribution in [2.24, 2.45) is 5.92 Å². The summed E-state index contributed by atoms with van der Waals surface area (Å²) in [7, 11) is 0. The van der Waals surface area contributed by atoms with Gasteiger partial charge in [-0.25, -0.2) is 4.79 Å². The van der Waals surface area contributed by atoms with Crippen LogP contribution in [0, 0.1) is 5.92 Å². The molecule has 0 spiro atoms. The largest absolute Gasteiger partial charge is 0.481 e. The van der Waals surface area contributed by atoms with Gasteiger partial charge in [-0.1, -0.05) is 19.8 Å². The maximum Gasteiger partial charge on any atom is 0.320 e. The van der Waals surface area contributed by atoms with Gasteiger partial charge in [0.1, 0.15) is 0 Å². The summed E-state index contributed by atoms with van der Waals surface area (Å²) in [6.45, 7) is 4.40. The zero-order valence-electron chi connectivity index (χ0n) is 13.1. The summed E-state index contributed by atoms with van der Waals surface area (Å²) in [6, 6.07) is 0.499. The Morgan fingerprint density at radius 1 is 1.10 bits per heavy atom. The summed E-state index contributed by atoms with van der Waals surface area (Å²) in [5, 5.41) is 8.94. The maximum absolute atomic E-state index is 12.8. The quantitative estimate of drug-likeness (QED) is 0.871. The molecule has 0 saturated carbocycles. The van der Waals surface area contributed by atoms with E-state index in [2.05, 4.69) is 11.8 Å². The predicted octanol–water partition coefficient (Wildman–Crippen LogP) is 2.95. The molecule has 2 rings (SSSR count). The highest BCUT2D eigenvalue weighted by molar-refractivity contribution is 5.75. The van der Waals surface area contributed by atoms with Crippen molar-refractivity contribution in [2.45, 2.75) is 64.3 Å². The molecule has 0 aromatic heterocycles. The molecule has 2 fully saturated rings. The SMILES string of the molecule is CCC1CCCCCN1C(=O)N1CCCC(CC(=O)O)C1. The van der Waals surface area contributed by atoms with Crippen LogP contribution >= 0.6 is 0 Å². The monoisotopic (exact) mass is 296 g/mol. The van der Waals surface area contributed by atoms with Gasteiger partial charge in [0.25, 0.3) is 0 Å². The number of carboxylic acids is 1. The molecule has 120 valence electrons. The van der Waals surface area contributed by atoms with Crippen LogP contribution in [0.5, 0.6) is 0 Å². The maximum atomic E-state index is 12.8.